The van der Waals surface area contributed by atoms with E-state index in [1.807, 2.05) is 0 Å². The monoisotopic (exact) mass is 100.0 g/mol. The standard InChI is InChI=1S/C3H2NOS/c5-3-1-2-6-4-3/h2H,(H,4,5). The molecule has 0 saturated heterocycles. The van der Waals surface area contributed by atoms with E-state index < -0.39 is 0 Å². The highest BCUT2D eigenvalue weighted by Gasteiger charge is 1.81. The lowest BCUT2D eigenvalue weighted by Gasteiger charge is -1.65. The lowest BCUT2D eigenvalue weighted by Crippen LogP contribution is -1.50. The normalized spacial score (nSPS) is 8.67. The molecule has 1 radical (unpaired) electrons. The largest absolute Gasteiger partial charge is 0.492 e. The summed E-state index contributed by atoms with van der Waals surface area (Å²) in [6, 6.07) is 2.46. The van der Waals surface area contributed by atoms with E-state index >= 15 is 0 Å². The van der Waals surface area contributed by atoms with E-state index in [9.17, 15) is 0 Å². The third-order valence-corrected chi connectivity index (χ3v) is 0.882. The van der Waals surface area contributed by atoms with E-state index in [0.717, 1.165) is 0 Å². The van der Waals surface area contributed by atoms with Crippen LogP contribution in [0.15, 0.2) is 5.38 Å². The summed E-state index contributed by atoms with van der Waals surface area (Å²) in [4.78, 5) is 0. The molecule has 1 rings (SSSR count). The van der Waals surface area contributed by atoms with Crippen molar-refractivity contribution in [3.8, 4) is 5.88 Å². The van der Waals surface area contributed by atoms with Gasteiger partial charge in [0.15, 0.2) is 0 Å². The maximum Gasteiger partial charge on any atom is 0.230 e. The summed E-state index contributed by atoms with van der Waals surface area (Å²) >= 11 is 1.18. The molecule has 0 fully saturated rings. The fourth-order valence-electron chi connectivity index (χ4n) is 0.182. The topological polar surface area (TPSA) is 33.1 Å². The minimum absolute atomic E-state index is 0.0139. The molecule has 0 amide bonds. The first-order chi connectivity index (χ1) is 2.89. The van der Waals surface area contributed by atoms with Gasteiger partial charge in [0.2, 0.25) is 5.88 Å². The molecule has 0 saturated carbocycles. The van der Waals surface area contributed by atoms with Crippen molar-refractivity contribution in [3.63, 3.8) is 0 Å². The molecule has 0 aliphatic carbocycles. The summed E-state index contributed by atoms with van der Waals surface area (Å²) in [7, 11) is 0. The highest BCUT2D eigenvalue weighted by atomic mass is 32.1. The Bertz CT molecular complexity index is 114. The fraction of sp³-hybridized carbons (Fsp3) is 0. The van der Waals surface area contributed by atoms with E-state index in [1.165, 1.54) is 11.5 Å². The highest BCUT2D eigenvalue weighted by molar-refractivity contribution is 7.03. The summed E-state index contributed by atoms with van der Waals surface area (Å²) in [6.45, 7) is 0. The molecule has 0 aliphatic rings. The Labute approximate surface area is 39.2 Å². The number of hydrogen-bond donors (Lipinski definition) is 1. The molecule has 31 valence electrons. The van der Waals surface area contributed by atoms with Gasteiger partial charge in [-0.2, -0.15) is 4.37 Å². The number of aromatic hydroxyl groups is 1. The first-order valence-corrected chi connectivity index (χ1v) is 2.24. The number of hydrogen-bond acceptors (Lipinski definition) is 3. The number of aromatic nitrogens is 1. The molecule has 3 heteroatoms. The molecule has 6 heavy (non-hydrogen) atoms. The van der Waals surface area contributed by atoms with Crippen LogP contribution < -0.4 is 0 Å². The summed E-state index contributed by atoms with van der Waals surface area (Å²) in [5.41, 5.74) is 0. The van der Waals surface area contributed by atoms with Crippen LogP contribution in [0.2, 0.25) is 0 Å². The second-order valence-electron chi connectivity index (χ2n) is 0.782. The molecule has 0 bridgehead atoms. The van der Waals surface area contributed by atoms with Crippen LogP contribution in [0, 0.1) is 6.07 Å². The Morgan fingerprint density at radius 1 is 2.00 bits per heavy atom. The van der Waals surface area contributed by atoms with Crippen LogP contribution in [0.4, 0.5) is 0 Å². The molecule has 0 aliphatic heterocycles. The third-order valence-electron chi connectivity index (χ3n) is 0.380. The SMILES string of the molecule is Oc1[c]csn1. The van der Waals surface area contributed by atoms with Crippen molar-refractivity contribution in [1.82, 2.24) is 4.37 Å². The maximum absolute atomic E-state index is 8.32. The van der Waals surface area contributed by atoms with Crippen molar-refractivity contribution in [1.29, 1.82) is 0 Å². The Balaban J connectivity index is 3.05. The lowest BCUT2D eigenvalue weighted by atomic mass is 10.7. The van der Waals surface area contributed by atoms with Gasteiger partial charge in [-0.1, -0.05) is 0 Å². The lowest BCUT2D eigenvalue weighted by molar-refractivity contribution is 0.459. The van der Waals surface area contributed by atoms with Crippen molar-refractivity contribution < 1.29 is 5.11 Å². The molecule has 0 atom stereocenters. The minimum atomic E-state index is -0.0139. The first-order valence-electron chi connectivity index (χ1n) is 1.40. The number of rotatable bonds is 0. The Morgan fingerprint density at radius 3 is 3.00 bits per heavy atom. The molecule has 1 N–H and O–H groups in total. The third kappa shape index (κ3) is 0.490. The van der Waals surface area contributed by atoms with Crippen LogP contribution in [0.3, 0.4) is 0 Å². The fourth-order valence-corrected chi connectivity index (χ4v) is 0.545. The van der Waals surface area contributed by atoms with Crippen molar-refractivity contribution in [2.45, 2.75) is 0 Å². The summed E-state index contributed by atoms with van der Waals surface area (Å²) < 4.78 is 3.46. The Kier molecular flexibility index (Phi) is 0.759. The van der Waals surface area contributed by atoms with Crippen molar-refractivity contribution in [3.05, 3.63) is 11.4 Å². The maximum atomic E-state index is 8.32. The Hall–Kier alpha value is -0.570. The van der Waals surface area contributed by atoms with Gasteiger partial charge in [-0.15, -0.1) is 0 Å². The van der Waals surface area contributed by atoms with Crippen LogP contribution >= 0.6 is 11.5 Å². The summed E-state index contributed by atoms with van der Waals surface area (Å²) in [5, 5.41) is 9.91. The van der Waals surface area contributed by atoms with Gasteiger partial charge in [0.25, 0.3) is 0 Å². The van der Waals surface area contributed by atoms with E-state index in [-0.39, 0.29) is 5.88 Å². The van der Waals surface area contributed by atoms with E-state index in [2.05, 4.69) is 10.4 Å². The minimum Gasteiger partial charge on any atom is -0.492 e. The van der Waals surface area contributed by atoms with Crippen LogP contribution in [0.25, 0.3) is 0 Å². The second kappa shape index (κ2) is 1.26. The van der Waals surface area contributed by atoms with Gasteiger partial charge in [-0.05, 0) is 11.5 Å². The van der Waals surface area contributed by atoms with Crippen LogP contribution in [0.5, 0.6) is 5.88 Å². The molecular formula is C3H2NOS. The summed E-state index contributed by atoms with van der Waals surface area (Å²) in [5.74, 6) is -0.0139. The smallest absolute Gasteiger partial charge is 0.230 e. The predicted octanol–water partition coefficient (Wildman–Crippen LogP) is 0.649. The van der Waals surface area contributed by atoms with Gasteiger partial charge >= 0.3 is 0 Å². The van der Waals surface area contributed by atoms with Gasteiger partial charge in [0.05, 0.1) is 6.07 Å². The molecule has 2 nitrogen and oxygen atoms in total. The predicted molar refractivity (Wildman–Crippen MR) is 22.6 cm³/mol. The van der Waals surface area contributed by atoms with Crippen LogP contribution in [0.1, 0.15) is 0 Å². The van der Waals surface area contributed by atoms with E-state index in [0.29, 0.717) is 0 Å². The second-order valence-corrected chi connectivity index (χ2v) is 1.41. The average molecular weight is 100 g/mol. The highest BCUT2D eigenvalue weighted by Crippen LogP contribution is 2.02. The molecule has 1 aromatic heterocycles. The molecule has 0 aromatic carbocycles. The molecule has 1 heterocycles. The van der Waals surface area contributed by atoms with Crippen LogP contribution in [-0.4, -0.2) is 9.48 Å². The van der Waals surface area contributed by atoms with Gasteiger partial charge in [-0.25, -0.2) is 0 Å². The summed E-state index contributed by atoms with van der Waals surface area (Å²) in [6.07, 6.45) is 0. The van der Waals surface area contributed by atoms with Crippen molar-refractivity contribution in [2.24, 2.45) is 0 Å². The quantitative estimate of drug-likeness (QED) is 0.519. The molecule has 0 unspecified atom stereocenters. The molecule has 0 spiro atoms. The zero-order chi connectivity index (χ0) is 4.41. The van der Waals surface area contributed by atoms with Gasteiger partial charge < -0.3 is 5.11 Å². The Morgan fingerprint density at radius 2 is 2.83 bits per heavy atom. The van der Waals surface area contributed by atoms with Crippen LogP contribution in [-0.2, 0) is 0 Å². The zero-order valence-corrected chi connectivity index (χ0v) is 3.70. The average Bonchev–Trinajstić information content (AvgIpc) is 1.86. The van der Waals surface area contributed by atoms with E-state index in [1.54, 1.807) is 5.38 Å². The zero-order valence-electron chi connectivity index (χ0n) is 2.88. The molecule has 1 aromatic rings. The van der Waals surface area contributed by atoms with Crippen molar-refractivity contribution in [2.75, 3.05) is 0 Å². The van der Waals surface area contributed by atoms with Crippen molar-refractivity contribution >= 4 is 11.5 Å². The van der Waals surface area contributed by atoms with Gasteiger partial charge in [-0.3, -0.25) is 0 Å². The molecular weight excluding hydrogens is 98.1 g/mol. The first kappa shape index (κ1) is 3.61. The van der Waals surface area contributed by atoms with E-state index in [4.69, 9.17) is 5.11 Å². The van der Waals surface area contributed by atoms with Gasteiger partial charge in [0.1, 0.15) is 0 Å². The number of nitrogens with zero attached hydrogens (tertiary/aromatic N) is 1. The van der Waals surface area contributed by atoms with Gasteiger partial charge in [0, 0.05) is 5.38 Å².